The molecule has 2 aliphatic heterocycles. The molecule has 2 aromatic rings. The van der Waals surface area contributed by atoms with Gasteiger partial charge in [0.2, 0.25) is 5.79 Å². The van der Waals surface area contributed by atoms with Crippen molar-refractivity contribution in [1.82, 2.24) is 10.6 Å². The van der Waals surface area contributed by atoms with Gasteiger partial charge in [-0.15, -0.1) is 0 Å². The fourth-order valence-electron chi connectivity index (χ4n) is 4.86. The third kappa shape index (κ3) is 8.76. The van der Waals surface area contributed by atoms with Gasteiger partial charge < -0.3 is 30.0 Å². The Morgan fingerprint density at radius 2 is 1.77 bits per heavy atom. The smallest absolute Gasteiger partial charge is 0.329 e. The average molecular weight is 554 g/mol. The van der Waals surface area contributed by atoms with E-state index in [-0.39, 0.29) is 18.5 Å². The summed E-state index contributed by atoms with van der Waals surface area (Å²) in [5, 5.41) is 16.4. The van der Waals surface area contributed by atoms with Gasteiger partial charge in [0.15, 0.2) is 0 Å². The number of urea groups is 1. The number of carbonyl (C=O) groups is 2. The maximum atomic E-state index is 11.8. The van der Waals surface area contributed by atoms with Crippen molar-refractivity contribution in [2.24, 2.45) is 0 Å². The molecule has 0 bridgehead atoms. The topological polar surface area (TPSA) is 109 Å². The number of aliphatic hydroxyl groups excluding tert-OH is 1. The van der Waals surface area contributed by atoms with Crippen LogP contribution in [-0.4, -0.2) is 55.7 Å². The summed E-state index contributed by atoms with van der Waals surface area (Å²) >= 11 is 0. The Labute approximate surface area is 237 Å². The van der Waals surface area contributed by atoms with Gasteiger partial charge in [-0.05, 0) is 74.0 Å². The van der Waals surface area contributed by atoms with Crippen molar-refractivity contribution in [2.75, 3.05) is 37.7 Å². The van der Waals surface area contributed by atoms with E-state index >= 15 is 0 Å². The van der Waals surface area contributed by atoms with Crippen molar-refractivity contribution in [1.29, 1.82) is 0 Å². The normalized spacial score (nSPS) is 16.9. The van der Waals surface area contributed by atoms with Crippen LogP contribution in [0.15, 0.2) is 42.5 Å². The Kier molecular flexibility index (Phi) is 10.9. The number of nitrogens with one attached hydrogen (secondary N) is 2. The van der Waals surface area contributed by atoms with Crippen LogP contribution >= 0.6 is 0 Å². The zero-order chi connectivity index (χ0) is 28.4. The number of anilines is 1. The summed E-state index contributed by atoms with van der Waals surface area (Å²) in [4.78, 5) is 24.7. The van der Waals surface area contributed by atoms with Gasteiger partial charge in [0, 0.05) is 39.2 Å². The zero-order valence-electron chi connectivity index (χ0n) is 23.7. The van der Waals surface area contributed by atoms with Crippen LogP contribution in [0.2, 0.25) is 0 Å². The van der Waals surface area contributed by atoms with Crippen molar-refractivity contribution in [3.63, 3.8) is 0 Å². The van der Waals surface area contributed by atoms with Crippen molar-refractivity contribution in [3.8, 4) is 5.75 Å². The van der Waals surface area contributed by atoms with Crippen LogP contribution in [-0.2, 0) is 27.3 Å². The quantitative estimate of drug-likeness (QED) is 0.206. The van der Waals surface area contributed by atoms with Gasteiger partial charge in [0.05, 0.1) is 24.9 Å². The Hall–Kier alpha value is -2.98. The van der Waals surface area contributed by atoms with Gasteiger partial charge in [0.1, 0.15) is 5.75 Å². The molecule has 0 spiro atoms. The summed E-state index contributed by atoms with van der Waals surface area (Å²) < 4.78 is 17.3. The summed E-state index contributed by atoms with van der Waals surface area (Å²) in [5.74, 6) is -0.0145. The van der Waals surface area contributed by atoms with E-state index in [1.165, 1.54) is 10.5 Å². The number of aliphatic hydroxyl groups is 1. The first-order chi connectivity index (χ1) is 19.3. The largest absolute Gasteiger partial charge is 0.463 e. The number of hydrogen-bond acceptors (Lipinski definition) is 7. The third-order valence-electron chi connectivity index (χ3n) is 7.17. The van der Waals surface area contributed by atoms with E-state index in [2.05, 4.69) is 10.6 Å². The van der Waals surface area contributed by atoms with Crippen molar-refractivity contribution in [3.05, 3.63) is 59.2 Å². The Morgan fingerprint density at radius 1 is 1.02 bits per heavy atom. The molecule has 9 heteroatoms. The number of hydrogen-bond donors (Lipinski definition) is 3. The minimum absolute atomic E-state index is 0.0617. The number of unbranched alkanes of at least 4 members (excludes halogenated alkanes) is 4. The number of carbonyl (C=O) groups excluding carboxylic acids is 2. The first-order valence-electron chi connectivity index (χ1n) is 14.4. The maximum Gasteiger partial charge on any atom is 0.329 e. The fraction of sp³-hybridized carbons (Fsp3) is 0.548. The minimum atomic E-state index is -0.614. The van der Waals surface area contributed by atoms with Crippen molar-refractivity contribution in [2.45, 2.75) is 77.3 Å². The van der Waals surface area contributed by atoms with Crippen LogP contribution < -0.4 is 20.3 Å². The van der Waals surface area contributed by atoms with E-state index in [0.29, 0.717) is 18.8 Å². The molecule has 40 heavy (non-hydrogen) atoms. The van der Waals surface area contributed by atoms with Gasteiger partial charge in [0.25, 0.3) is 5.91 Å². The molecule has 2 heterocycles. The molecular weight excluding hydrogens is 510 g/mol. The molecule has 1 fully saturated rings. The summed E-state index contributed by atoms with van der Waals surface area (Å²) in [5.41, 5.74) is 3.65. The van der Waals surface area contributed by atoms with E-state index < -0.39 is 11.9 Å². The van der Waals surface area contributed by atoms with Crippen molar-refractivity contribution < 1.29 is 28.9 Å². The molecule has 0 unspecified atom stereocenters. The Bertz CT molecular complexity index is 1100. The second-order valence-electron chi connectivity index (χ2n) is 10.9. The highest BCUT2D eigenvalue weighted by atomic mass is 16.7. The van der Waals surface area contributed by atoms with Crippen LogP contribution in [0.25, 0.3) is 0 Å². The predicted molar refractivity (Wildman–Crippen MR) is 153 cm³/mol. The Morgan fingerprint density at radius 3 is 2.52 bits per heavy atom. The lowest BCUT2D eigenvalue weighted by Gasteiger charge is -2.33. The first-order valence-corrected chi connectivity index (χ1v) is 14.4. The molecule has 0 aromatic heterocycles. The number of fused-ring (bicyclic) bond motifs is 1. The van der Waals surface area contributed by atoms with Gasteiger partial charge in [-0.2, -0.15) is 0 Å². The van der Waals surface area contributed by atoms with Gasteiger partial charge in [-0.3, -0.25) is 4.79 Å². The average Bonchev–Trinajstić information content (AvgIpc) is 3.28. The zero-order valence-corrected chi connectivity index (χ0v) is 23.7. The highest BCUT2D eigenvalue weighted by Crippen LogP contribution is 2.32. The van der Waals surface area contributed by atoms with Crippen LogP contribution in [0.1, 0.15) is 75.2 Å². The monoisotopic (exact) mass is 553 g/mol. The van der Waals surface area contributed by atoms with E-state index in [9.17, 15) is 14.7 Å². The van der Waals surface area contributed by atoms with E-state index in [1.54, 1.807) is 0 Å². The molecule has 3 amide bonds. The number of nitrogens with zero attached hydrogens (tertiary/aromatic N) is 1. The number of imide groups is 1. The van der Waals surface area contributed by atoms with Gasteiger partial charge in [-0.25, -0.2) is 9.69 Å². The summed E-state index contributed by atoms with van der Waals surface area (Å²) in [6.07, 6.45) is 6.82. The van der Waals surface area contributed by atoms with Crippen LogP contribution in [0.4, 0.5) is 10.5 Å². The lowest BCUT2D eigenvalue weighted by Crippen LogP contribution is -2.35. The van der Waals surface area contributed by atoms with E-state index in [1.807, 2.05) is 56.3 Å². The lowest BCUT2D eigenvalue weighted by atomic mass is 10.0. The molecule has 0 saturated carbocycles. The molecule has 218 valence electrons. The second-order valence-corrected chi connectivity index (χ2v) is 10.9. The SMILES string of the molecule is CC1(C)OCc2cc([C@H](O)CNCCCCCCOCCCCc3ccc(N4C(=O)CNC4=O)cc3)ccc2O1. The van der Waals surface area contributed by atoms with Gasteiger partial charge in [-0.1, -0.05) is 31.0 Å². The Balaban J connectivity index is 0.966. The highest BCUT2D eigenvalue weighted by Gasteiger charge is 2.30. The highest BCUT2D eigenvalue weighted by molar-refractivity contribution is 6.19. The molecule has 1 atom stereocenters. The van der Waals surface area contributed by atoms with Crippen LogP contribution in [0.5, 0.6) is 5.75 Å². The summed E-state index contributed by atoms with van der Waals surface area (Å²) in [6.45, 7) is 7.29. The van der Waals surface area contributed by atoms with Gasteiger partial charge >= 0.3 is 6.03 Å². The number of aryl methyl sites for hydroxylation is 1. The van der Waals surface area contributed by atoms with Crippen LogP contribution in [0.3, 0.4) is 0 Å². The van der Waals surface area contributed by atoms with E-state index in [4.69, 9.17) is 14.2 Å². The predicted octanol–water partition coefficient (Wildman–Crippen LogP) is 4.61. The molecule has 4 rings (SSSR count). The minimum Gasteiger partial charge on any atom is -0.463 e. The molecular formula is C31H43N3O6. The first kappa shape index (κ1) is 30.0. The molecule has 2 aromatic carbocycles. The number of ether oxygens (including phenoxy) is 3. The number of benzene rings is 2. The summed E-state index contributed by atoms with van der Waals surface area (Å²) in [7, 11) is 0. The molecule has 9 nitrogen and oxygen atoms in total. The fourth-order valence-corrected chi connectivity index (χ4v) is 4.86. The number of amides is 3. The summed E-state index contributed by atoms with van der Waals surface area (Å²) in [6, 6.07) is 13.1. The van der Waals surface area contributed by atoms with E-state index in [0.717, 1.165) is 81.6 Å². The molecule has 3 N–H and O–H groups in total. The molecule has 1 saturated heterocycles. The maximum absolute atomic E-state index is 11.8. The third-order valence-corrected chi connectivity index (χ3v) is 7.17. The second kappa shape index (κ2) is 14.6. The molecule has 2 aliphatic rings. The lowest BCUT2D eigenvalue weighted by molar-refractivity contribution is -0.180. The molecule has 0 aliphatic carbocycles. The number of rotatable bonds is 16. The standard InChI is InChI=1S/C31H43N3O6/c1-31(2)39-22-25-19-24(12-15-28(25)40-31)27(35)20-32-16-6-3-4-7-17-38-18-8-5-9-23-10-13-26(14-11-23)34-29(36)21-33-30(34)37/h10-15,19,27,32,35H,3-9,16-18,20-22H2,1-2H3,(H,33,37)/t27-/m1/s1. The molecule has 0 radical (unpaired) electrons. The van der Waals surface area contributed by atoms with Crippen molar-refractivity contribution >= 4 is 17.6 Å². The van der Waals surface area contributed by atoms with Crippen LogP contribution in [0, 0.1) is 0 Å².